The first-order valence-corrected chi connectivity index (χ1v) is 8.30. The monoisotopic (exact) mass is 329 g/mol. The minimum atomic E-state index is 0.310. The number of nitrogens with zero attached hydrogens (tertiary/aromatic N) is 1. The maximum absolute atomic E-state index is 5.63. The molecule has 1 atom stereocenters. The van der Waals surface area contributed by atoms with Crippen molar-refractivity contribution in [2.45, 2.75) is 43.4 Å². The third-order valence-corrected chi connectivity index (χ3v) is 5.32. The molecule has 1 fully saturated rings. The van der Waals surface area contributed by atoms with Crippen LogP contribution < -0.4 is 11.3 Å². The van der Waals surface area contributed by atoms with E-state index in [-0.39, 0.29) is 0 Å². The van der Waals surface area contributed by atoms with Gasteiger partial charge in [0.15, 0.2) is 0 Å². The zero-order valence-corrected chi connectivity index (χ0v) is 12.8. The van der Waals surface area contributed by atoms with Gasteiger partial charge in [0, 0.05) is 39.8 Å². The topological polar surface area (TPSA) is 50.9 Å². The Morgan fingerprint density at radius 3 is 2.83 bits per heavy atom. The first-order valence-electron chi connectivity index (χ1n) is 6.46. The largest absolute Gasteiger partial charge is 0.271 e. The van der Waals surface area contributed by atoms with E-state index < -0.39 is 0 Å². The molecule has 1 heterocycles. The predicted octanol–water partition coefficient (Wildman–Crippen LogP) is 2.89. The summed E-state index contributed by atoms with van der Waals surface area (Å²) in [6.45, 7) is 0. The molecule has 3 N–H and O–H groups in total. The molecule has 1 aromatic rings. The maximum atomic E-state index is 5.63. The van der Waals surface area contributed by atoms with Gasteiger partial charge in [0.1, 0.15) is 0 Å². The number of nitrogens with one attached hydrogen (secondary N) is 1. The van der Waals surface area contributed by atoms with Crippen molar-refractivity contribution in [3.05, 3.63) is 28.5 Å². The fourth-order valence-electron chi connectivity index (χ4n) is 2.25. The Kier molecular flexibility index (Phi) is 5.95. The summed E-state index contributed by atoms with van der Waals surface area (Å²) >= 11 is 5.46. The van der Waals surface area contributed by atoms with Crippen LogP contribution in [-0.2, 0) is 6.42 Å². The van der Waals surface area contributed by atoms with Crippen LogP contribution in [0.1, 0.15) is 31.4 Å². The fourth-order valence-corrected chi connectivity index (χ4v) is 3.87. The van der Waals surface area contributed by atoms with Crippen LogP contribution in [0.4, 0.5) is 0 Å². The normalized spacial score (nSPS) is 18.1. The predicted molar refractivity (Wildman–Crippen MR) is 81.5 cm³/mol. The highest BCUT2D eigenvalue weighted by molar-refractivity contribution is 9.10. The van der Waals surface area contributed by atoms with Crippen molar-refractivity contribution in [2.75, 3.05) is 5.75 Å². The SMILES string of the molecule is NNC(CSC1CCCC1)Cc1ccc(Br)cn1. The van der Waals surface area contributed by atoms with Gasteiger partial charge in [0.2, 0.25) is 0 Å². The average molecular weight is 330 g/mol. The van der Waals surface area contributed by atoms with Crippen molar-refractivity contribution in [2.24, 2.45) is 5.84 Å². The number of aromatic nitrogens is 1. The van der Waals surface area contributed by atoms with Gasteiger partial charge in [-0.2, -0.15) is 11.8 Å². The summed E-state index contributed by atoms with van der Waals surface area (Å²) in [6, 6.07) is 4.39. The fraction of sp³-hybridized carbons (Fsp3) is 0.615. The van der Waals surface area contributed by atoms with Gasteiger partial charge in [-0.15, -0.1) is 0 Å². The van der Waals surface area contributed by atoms with Crippen molar-refractivity contribution in [3.63, 3.8) is 0 Å². The Morgan fingerprint density at radius 1 is 1.44 bits per heavy atom. The molecule has 100 valence electrons. The Labute approximate surface area is 121 Å². The van der Waals surface area contributed by atoms with Gasteiger partial charge in [0.05, 0.1) is 0 Å². The molecule has 0 radical (unpaired) electrons. The summed E-state index contributed by atoms with van der Waals surface area (Å²) in [5.41, 5.74) is 4.01. The lowest BCUT2D eigenvalue weighted by Crippen LogP contribution is -2.39. The quantitative estimate of drug-likeness (QED) is 0.622. The molecular formula is C13H20BrN3S. The van der Waals surface area contributed by atoms with Crippen molar-refractivity contribution in [1.82, 2.24) is 10.4 Å². The lowest BCUT2D eigenvalue weighted by atomic mass is 10.2. The van der Waals surface area contributed by atoms with E-state index in [4.69, 9.17) is 5.84 Å². The minimum Gasteiger partial charge on any atom is -0.271 e. The summed E-state index contributed by atoms with van der Waals surface area (Å²) in [6.07, 6.45) is 8.27. The van der Waals surface area contributed by atoms with E-state index in [0.29, 0.717) is 6.04 Å². The third-order valence-electron chi connectivity index (χ3n) is 3.32. The summed E-state index contributed by atoms with van der Waals surface area (Å²) in [5, 5.41) is 0.846. The van der Waals surface area contributed by atoms with Gasteiger partial charge < -0.3 is 0 Å². The molecule has 1 aliphatic rings. The second kappa shape index (κ2) is 7.48. The second-order valence-electron chi connectivity index (χ2n) is 4.78. The molecule has 0 aromatic carbocycles. The zero-order chi connectivity index (χ0) is 12.8. The maximum Gasteiger partial charge on any atom is 0.0420 e. The number of hydrazine groups is 1. The van der Waals surface area contributed by atoms with Crippen LogP contribution in [0.15, 0.2) is 22.8 Å². The molecule has 0 spiro atoms. The van der Waals surface area contributed by atoms with Crippen molar-refractivity contribution >= 4 is 27.7 Å². The molecule has 1 saturated carbocycles. The Morgan fingerprint density at radius 2 is 2.22 bits per heavy atom. The highest BCUT2D eigenvalue weighted by Crippen LogP contribution is 2.29. The van der Waals surface area contributed by atoms with Gasteiger partial charge in [0.25, 0.3) is 0 Å². The van der Waals surface area contributed by atoms with Crippen LogP contribution in [0.5, 0.6) is 0 Å². The van der Waals surface area contributed by atoms with E-state index in [0.717, 1.165) is 27.6 Å². The molecule has 5 heteroatoms. The molecule has 0 saturated heterocycles. The van der Waals surface area contributed by atoms with Gasteiger partial charge >= 0.3 is 0 Å². The summed E-state index contributed by atoms with van der Waals surface area (Å²) < 4.78 is 1.02. The van der Waals surface area contributed by atoms with Crippen molar-refractivity contribution in [3.8, 4) is 0 Å². The van der Waals surface area contributed by atoms with E-state index in [1.807, 2.05) is 12.3 Å². The van der Waals surface area contributed by atoms with E-state index in [2.05, 4.69) is 44.2 Å². The minimum absolute atomic E-state index is 0.310. The van der Waals surface area contributed by atoms with Crippen LogP contribution in [0.25, 0.3) is 0 Å². The number of hydrogen-bond donors (Lipinski definition) is 2. The van der Waals surface area contributed by atoms with Crippen LogP contribution in [0.3, 0.4) is 0 Å². The Balaban J connectivity index is 1.79. The van der Waals surface area contributed by atoms with Crippen LogP contribution >= 0.6 is 27.7 Å². The van der Waals surface area contributed by atoms with E-state index in [1.165, 1.54) is 25.7 Å². The van der Waals surface area contributed by atoms with Gasteiger partial charge in [-0.25, -0.2) is 0 Å². The summed E-state index contributed by atoms with van der Waals surface area (Å²) in [7, 11) is 0. The molecular weight excluding hydrogens is 310 g/mol. The lowest BCUT2D eigenvalue weighted by molar-refractivity contribution is 0.568. The van der Waals surface area contributed by atoms with Crippen LogP contribution in [-0.4, -0.2) is 22.0 Å². The van der Waals surface area contributed by atoms with E-state index >= 15 is 0 Å². The first kappa shape index (κ1) is 14.3. The van der Waals surface area contributed by atoms with Crippen LogP contribution in [0.2, 0.25) is 0 Å². The number of rotatable bonds is 6. The third kappa shape index (κ3) is 4.53. The zero-order valence-electron chi connectivity index (χ0n) is 10.4. The first-order chi connectivity index (χ1) is 8.78. The van der Waals surface area contributed by atoms with Crippen LogP contribution in [0, 0.1) is 0 Å². The second-order valence-corrected chi connectivity index (χ2v) is 7.02. The molecule has 1 aliphatic carbocycles. The molecule has 18 heavy (non-hydrogen) atoms. The standard InChI is InChI=1S/C13H20BrN3S/c14-10-5-6-11(16-8-10)7-12(17-15)9-18-13-3-1-2-4-13/h5-6,8,12-13,17H,1-4,7,9,15H2. The number of pyridine rings is 1. The lowest BCUT2D eigenvalue weighted by Gasteiger charge is -2.17. The van der Waals surface area contributed by atoms with Gasteiger partial charge in [-0.05, 0) is 40.9 Å². The average Bonchev–Trinajstić information content (AvgIpc) is 2.90. The number of halogens is 1. The van der Waals surface area contributed by atoms with Gasteiger partial charge in [-0.3, -0.25) is 16.3 Å². The molecule has 2 rings (SSSR count). The Bertz CT molecular complexity index is 352. The highest BCUT2D eigenvalue weighted by Gasteiger charge is 2.17. The number of hydrogen-bond acceptors (Lipinski definition) is 4. The van der Waals surface area contributed by atoms with Gasteiger partial charge in [-0.1, -0.05) is 12.8 Å². The van der Waals surface area contributed by atoms with Crippen molar-refractivity contribution < 1.29 is 0 Å². The number of thioether (sulfide) groups is 1. The summed E-state index contributed by atoms with van der Waals surface area (Å²) in [4.78, 5) is 4.39. The molecule has 3 nitrogen and oxygen atoms in total. The smallest absolute Gasteiger partial charge is 0.0420 e. The number of nitrogens with two attached hydrogens (primary N) is 1. The summed E-state index contributed by atoms with van der Waals surface area (Å²) in [5.74, 6) is 6.70. The highest BCUT2D eigenvalue weighted by atomic mass is 79.9. The molecule has 1 aromatic heterocycles. The Hall–Kier alpha value is -0.100. The van der Waals surface area contributed by atoms with Crippen molar-refractivity contribution in [1.29, 1.82) is 0 Å². The van der Waals surface area contributed by atoms with E-state index in [9.17, 15) is 0 Å². The molecule has 0 bridgehead atoms. The molecule has 0 amide bonds. The molecule has 1 unspecified atom stereocenters. The van der Waals surface area contributed by atoms with E-state index in [1.54, 1.807) is 0 Å². The molecule has 0 aliphatic heterocycles.